The molecule has 2 aromatic rings. The molecule has 6 heteroatoms. The van der Waals surface area contributed by atoms with E-state index in [1.54, 1.807) is 12.1 Å². The molecule has 1 amide bonds. The Labute approximate surface area is 189 Å². The molecular weight excluding hydrogens is 402 g/mol. The standard InChI is InChI=1S/C26H31N3O3/c1-17-25-21(14-26(2,3)15-23(25)31)28-20-6-4-5-7-22(20)29(17)16-24(32)27-13-12-18-8-10-19(30)11-9-18/h4-11,17,28,30H,12-16H2,1-3H3,(H,27,32). The first-order valence-electron chi connectivity index (χ1n) is 11.2. The summed E-state index contributed by atoms with van der Waals surface area (Å²) in [4.78, 5) is 28.0. The van der Waals surface area contributed by atoms with Gasteiger partial charge < -0.3 is 20.6 Å². The predicted molar refractivity (Wildman–Crippen MR) is 127 cm³/mol. The maximum absolute atomic E-state index is 13.1. The molecule has 0 bridgehead atoms. The summed E-state index contributed by atoms with van der Waals surface area (Å²) < 4.78 is 0. The van der Waals surface area contributed by atoms with Gasteiger partial charge in [0.05, 0.1) is 24.0 Å². The first-order chi connectivity index (χ1) is 15.2. The second-order valence-electron chi connectivity index (χ2n) is 9.55. The number of nitrogens with zero attached hydrogens (tertiary/aromatic N) is 1. The number of hydrogen-bond donors (Lipinski definition) is 3. The van der Waals surface area contributed by atoms with Gasteiger partial charge >= 0.3 is 0 Å². The van der Waals surface area contributed by atoms with E-state index < -0.39 is 0 Å². The number of carbonyl (C=O) groups excluding carboxylic acids is 2. The van der Waals surface area contributed by atoms with E-state index in [9.17, 15) is 14.7 Å². The number of aromatic hydroxyl groups is 1. The average molecular weight is 434 g/mol. The molecule has 1 heterocycles. The number of anilines is 2. The third-order valence-corrected chi connectivity index (χ3v) is 6.29. The Balaban J connectivity index is 1.52. The topological polar surface area (TPSA) is 81.7 Å². The van der Waals surface area contributed by atoms with Gasteiger partial charge in [0.15, 0.2) is 5.78 Å². The lowest BCUT2D eigenvalue weighted by molar-refractivity contribution is -0.120. The SMILES string of the molecule is CC1C2=C(CC(C)(C)CC2=O)Nc2ccccc2N1CC(=O)NCCc1ccc(O)cc1. The number of phenols is 1. The number of phenolic OH excluding ortho intramolecular Hbond substituents is 1. The van der Waals surface area contributed by atoms with Crippen molar-refractivity contribution in [1.29, 1.82) is 0 Å². The van der Waals surface area contributed by atoms with Gasteiger partial charge in [0.25, 0.3) is 0 Å². The molecule has 1 unspecified atom stereocenters. The normalized spacial score (nSPS) is 19.5. The lowest BCUT2D eigenvalue weighted by Gasteiger charge is -2.36. The molecule has 4 rings (SSSR count). The Hall–Kier alpha value is -3.28. The monoisotopic (exact) mass is 433 g/mol. The molecule has 32 heavy (non-hydrogen) atoms. The minimum Gasteiger partial charge on any atom is -0.508 e. The van der Waals surface area contributed by atoms with E-state index in [-0.39, 0.29) is 35.4 Å². The van der Waals surface area contributed by atoms with Crippen molar-refractivity contribution < 1.29 is 14.7 Å². The molecule has 0 spiro atoms. The zero-order chi connectivity index (χ0) is 22.9. The Bertz CT molecular complexity index is 1060. The summed E-state index contributed by atoms with van der Waals surface area (Å²) in [7, 11) is 0. The van der Waals surface area contributed by atoms with Crippen molar-refractivity contribution in [2.24, 2.45) is 5.41 Å². The van der Waals surface area contributed by atoms with Crippen LogP contribution in [-0.4, -0.2) is 35.9 Å². The van der Waals surface area contributed by atoms with Crippen LogP contribution in [0.25, 0.3) is 0 Å². The molecule has 2 aliphatic rings. The molecule has 168 valence electrons. The summed E-state index contributed by atoms with van der Waals surface area (Å²) in [5.41, 5.74) is 4.57. The van der Waals surface area contributed by atoms with Crippen molar-refractivity contribution in [1.82, 2.24) is 5.32 Å². The number of ketones is 1. The van der Waals surface area contributed by atoms with Crippen molar-refractivity contribution in [2.45, 2.75) is 46.1 Å². The third-order valence-electron chi connectivity index (χ3n) is 6.29. The van der Waals surface area contributed by atoms with Gasteiger partial charge in [-0.05, 0) is 55.0 Å². The van der Waals surface area contributed by atoms with Crippen LogP contribution < -0.4 is 15.5 Å². The summed E-state index contributed by atoms with van der Waals surface area (Å²) in [5.74, 6) is 0.300. The lowest BCUT2D eigenvalue weighted by atomic mass is 9.74. The van der Waals surface area contributed by atoms with Gasteiger partial charge in [-0.1, -0.05) is 38.1 Å². The van der Waals surface area contributed by atoms with Crippen LogP contribution in [0.3, 0.4) is 0 Å². The number of amides is 1. The second-order valence-corrected chi connectivity index (χ2v) is 9.55. The van der Waals surface area contributed by atoms with Crippen LogP contribution in [0.5, 0.6) is 5.75 Å². The highest BCUT2D eigenvalue weighted by atomic mass is 16.3. The van der Waals surface area contributed by atoms with Crippen molar-refractivity contribution in [3.63, 3.8) is 0 Å². The van der Waals surface area contributed by atoms with Crippen LogP contribution >= 0.6 is 0 Å². The highest BCUT2D eigenvalue weighted by molar-refractivity contribution is 6.01. The van der Waals surface area contributed by atoms with E-state index in [0.29, 0.717) is 19.4 Å². The van der Waals surface area contributed by atoms with Crippen molar-refractivity contribution in [3.05, 3.63) is 65.4 Å². The number of para-hydroxylation sites is 2. The molecule has 0 radical (unpaired) electrons. The molecule has 0 saturated heterocycles. The molecule has 3 N–H and O–H groups in total. The number of benzene rings is 2. The van der Waals surface area contributed by atoms with E-state index in [1.165, 1.54) is 0 Å². The van der Waals surface area contributed by atoms with Gasteiger partial charge in [0.2, 0.25) is 5.91 Å². The minimum atomic E-state index is -0.201. The first kappa shape index (κ1) is 21.9. The zero-order valence-corrected chi connectivity index (χ0v) is 18.9. The van der Waals surface area contributed by atoms with Gasteiger partial charge in [-0.3, -0.25) is 9.59 Å². The molecular formula is C26H31N3O3. The van der Waals surface area contributed by atoms with E-state index >= 15 is 0 Å². The number of fused-ring (bicyclic) bond motifs is 1. The van der Waals surface area contributed by atoms with Gasteiger partial charge in [-0.15, -0.1) is 0 Å². The van der Waals surface area contributed by atoms with Crippen molar-refractivity contribution >= 4 is 23.1 Å². The molecule has 0 fully saturated rings. The summed E-state index contributed by atoms with van der Waals surface area (Å²) >= 11 is 0. The predicted octanol–water partition coefficient (Wildman–Crippen LogP) is 4.01. The molecule has 1 aliphatic heterocycles. The average Bonchev–Trinajstić information content (AvgIpc) is 2.83. The number of carbonyl (C=O) groups is 2. The zero-order valence-electron chi connectivity index (χ0n) is 18.9. The van der Waals surface area contributed by atoms with Gasteiger partial charge in [0.1, 0.15) is 5.75 Å². The van der Waals surface area contributed by atoms with E-state index in [4.69, 9.17) is 0 Å². The Morgan fingerprint density at radius 2 is 1.88 bits per heavy atom. The third kappa shape index (κ3) is 4.64. The molecule has 2 aromatic carbocycles. The first-order valence-corrected chi connectivity index (χ1v) is 11.2. The molecule has 1 aliphatic carbocycles. The quantitative estimate of drug-likeness (QED) is 0.664. The summed E-state index contributed by atoms with van der Waals surface area (Å²) in [6.45, 7) is 6.93. The number of Topliss-reactive ketones (excluding diaryl/α,β-unsaturated/α-hetero) is 1. The van der Waals surface area contributed by atoms with Crippen LogP contribution in [0.4, 0.5) is 11.4 Å². The Morgan fingerprint density at radius 3 is 2.62 bits per heavy atom. The van der Waals surface area contributed by atoms with Gasteiger partial charge in [0, 0.05) is 24.2 Å². The van der Waals surface area contributed by atoms with Crippen LogP contribution in [-0.2, 0) is 16.0 Å². The largest absolute Gasteiger partial charge is 0.508 e. The van der Waals surface area contributed by atoms with Crippen LogP contribution in [0.2, 0.25) is 0 Å². The van der Waals surface area contributed by atoms with Gasteiger partial charge in [-0.25, -0.2) is 0 Å². The maximum atomic E-state index is 13.1. The highest BCUT2D eigenvalue weighted by Gasteiger charge is 2.39. The molecule has 1 atom stereocenters. The highest BCUT2D eigenvalue weighted by Crippen LogP contribution is 2.43. The Kier molecular flexibility index (Phi) is 5.96. The fourth-order valence-corrected chi connectivity index (χ4v) is 4.73. The van der Waals surface area contributed by atoms with Crippen molar-refractivity contribution in [3.8, 4) is 5.75 Å². The summed E-state index contributed by atoms with van der Waals surface area (Å²) in [5, 5.41) is 15.9. The van der Waals surface area contributed by atoms with Crippen molar-refractivity contribution in [2.75, 3.05) is 23.3 Å². The van der Waals surface area contributed by atoms with E-state index in [2.05, 4.69) is 24.5 Å². The maximum Gasteiger partial charge on any atom is 0.239 e. The molecule has 6 nitrogen and oxygen atoms in total. The fourth-order valence-electron chi connectivity index (χ4n) is 4.73. The number of nitrogens with one attached hydrogen (secondary N) is 2. The number of rotatable bonds is 5. The smallest absolute Gasteiger partial charge is 0.239 e. The van der Waals surface area contributed by atoms with E-state index in [0.717, 1.165) is 34.6 Å². The molecule has 0 saturated carbocycles. The minimum absolute atomic E-state index is 0.0850. The Morgan fingerprint density at radius 1 is 1.16 bits per heavy atom. The number of allylic oxidation sites excluding steroid dienone is 1. The fraction of sp³-hybridized carbons (Fsp3) is 0.385. The number of hydrogen-bond acceptors (Lipinski definition) is 5. The van der Waals surface area contributed by atoms with Crippen LogP contribution in [0, 0.1) is 5.41 Å². The summed E-state index contributed by atoms with van der Waals surface area (Å²) in [6.07, 6.45) is 2.00. The second kappa shape index (κ2) is 8.69. The van der Waals surface area contributed by atoms with Gasteiger partial charge in [-0.2, -0.15) is 0 Å². The summed E-state index contributed by atoms with van der Waals surface area (Å²) in [6, 6.07) is 14.7. The van der Waals surface area contributed by atoms with E-state index in [1.807, 2.05) is 48.2 Å². The van der Waals surface area contributed by atoms with Crippen LogP contribution in [0.1, 0.15) is 39.2 Å². The molecule has 0 aromatic heterocycles. The lowest BCUT2D eigenvalue weighted by Crippen LogP contribution is -2.45. The van der Waals surface area contributed by atoms with Crippen LogP contribution in [0.15, 0.2) is 59.8 Å².